The van der Waals surface area contributed by atoms with E-state index in [1.165, 1.54) is 11.8 Å². The molecule has 1 unspecified atom stereocenters. The van der Waals surface area contributed by atoms with E-state index < -0.39 is 15.4 Å². The highest BCUT2D eigenvalue weighted by molar-refractivity contribution is 7.90. The predicted molar refractivity (Wildman–Crippen MR) is 182 cm³/mol. The highest BCUT2D eigenvalue weighted by Gasteiger charge is 2.58. The van der Waals surface area contributed by atoms with Crippen LogP contribution < -0.4 is 9.80 Å². The van der Waals surface area contributed by atoms with Gasteiger partial charge < -0.3 is 19.3 Å². The Balaban J connectivity index is 1.26. The van der Waals surface area contributed by atoms with Gasteiger partial charge in [0.25, 0.3) is 0 Å². The monoisotopic (exact) mass is 661 g/mol. The summed E-state index contributed by atoms with van der Waals surface area (Å²) in [5.74, 6) is 1.20. The topological polar surface area (TPSA) is 109 Å². The van der Waals surface area contributed by atoms with Crippen molar-refractivity contribution < 1.29 is 17.9 Å². The van der Waals surface area contributed by atoms with Crippen molar-refractivity contribution in [2.24, 2.45) is 5.92 Å². The van der Waals surface area contributed by atoms with Crippen LogP contribution in [0.4, 0.5) is 11.5 Å². The molecule has 2 bridgehead atoms. The number of ether oxygens (including phenoxy) is 2. The largest absolute Gasteiger partial charge is 0.380 e. The van der Waals surface area contributed by atoms with E-state index in [0.29, 0.717) is 68.8 Å². The van der Waals surface area contributed by atoms with Crippen LogP contribution in [0.1, 0.15) is 64.3 Å². The molecule has 4 aromatic rings. The number of sulfone groups is 1. The quantitative estimate of drug-likeness (QED) is 0.232. The van der Waals surface area contributed by atoms with Crippen molar-refractivity contribution in [3.05, 3.63) is 112 Å². The fraction of sp³-hybridized carbons (Fsp3) is 0.395. The SMILES string of the molecule is CS(=O)(=O)c1nc2c(c(N3CCCOCC3)n1)COC1(C2)c2c(ccc(N(Cc3ccccc3)Cc3ccccc3)c2C#N)C2CC1C2. The second-order valence-corrected chi connectivity index (χ2v) is 15.5. The Labute approximate surface area is 282 Å². The minimum Gasteiger partial charge on any atom is -0.380 e. The van der Waals surface area contributed by atoms with Gasteiger partial charge >= 0.3 is 0 Å². The summed E-state index contributed by atoms with van der Waals surface area (Å²) in [5, 5.41) is 10.8. The number of nitriles is 1. The van der Waals surface area contributed by atoms with E-state index in [4.69, 9.17) is 14.5 Å². The van der Waals surface area contributed by atoms with Crippen molar-refractivity contribution >= 4 is 21.3 Å². The van der Waals surface area contributed by atoms with E-state index in [9.17, 15) is 13.7 Å². The van der Waals surface area contributed by atoms with E-state index >= 15 is 0 Å². The molecule has 9 nitrogen and oxygen atoms in total. The minimum absolute atomic E-state index is 0.160. The van der Waals surface area contributed by atoms with E-state index in [0.717, 1.165) is 47.2 Å². The lowest BCUT2D eigenvalue weighted by atomic mass is 9.53. The van der Waals surface area contributed by atoms with Crippen molar-refractivity contribution in [3.63, 3.8) is 0 Å². The van der Waals surface area contributed by atoms with Crippen LogP contribution >= 0.6 is 0 Å². The summed E-state index contributed by atoms with van der Waals surface area (Å²) in [6, 6.07) is 27.7. The molecule has 1 aromatic heterocycles. The van der Waals surface area contributed by atoms with Gasteiger partial charge in [-0.2, -0.15) is 5.26 Å². The molecule has 1 saturated carbocycles. The highest BCUT2D eigenvalue weighted by Crippen LogP contribution is 2.63. The number of anilines is 2. The van der Waals surface area contributed by atoms with Crippen LogP contribution in [0, 0.1) is 17.2 Å². The fourth-order valence-corrected chi connectivity index (χ4v) is 8.70. The molecule has 1 saturated heterocycles. The Bertz CT molecular complexity index is 1940. The van der Waals surface area contributed by atoms with Crippen LogP contribution in [0.15, 0.2) is 78.0 Å². The summed E-state index contributed by atoms with van der Waals surface area (Å²) < 4.78 is 38.6. The lowest BCUT2D eigenvalue weighted by Gasteiger charge is -2.57. The summed E-state index contributed by atoms with van der Waals surface area (Å²) >= 11 is 0. The Morgan fingerprint density at radius 1 is 0.958 bits per heavy atom. The third-order valence-corrected chi connectivity index (χ3v) is 11.4. The van der Waals surface area contributed by atoms with Crippen molar-refractivity contribution in [2.45, 2.75) is 62.1 Å². The second-order valence-electron chi connectivity index (χ2n) is 13.6. The first-order valence-electron chi connectivity index (χ1n) is 16.8. The molecule has 0 amide bonds. The maximum Gasteiger partial charge on any atom is 0.249 e. The molecule has 0 radical (unpaired) electrons. The first kappa shape index (κ1) is 31.0. The highest BCUT2D eigenvalue weighted by atomic mass is 32.2. The molecule has 5 aliphatic rings. The van der Waals surface area contributed by atoms with Gasteiger partial charge in [-0.05, 0) is 53.9 Å². The molecule has 48 heavy (non-hydrogen) atoms. The first-order valence-corrected chi connectivity index (χ1v) is 18.7. The number of rotatable bonds is 7. The van der Waals surface area contributed by atoms with Crippen LogP contribution in [0.3, 0.4) is 0 Å². The van der Waals surface area contributed by atoms with Gasteiger partial charge in [0.1, 0.15) is 17.5 Å². The number of hydrogen-bond acceptors (Lipinski definition) is 9. The van der Waals surface area contributed by atoms with Gasteiger partial charge in [-0.15, -0.1) is 0 Å². The summed E-state index contributed by atoms with van der Waals surface area (Å²) in [4.78, 5) is 13.7. The lowest BCUT2D eigenvalue weighted by Crippen LogP contribution is -2.53. The summed E-state index contributed by atoms with van der Waals surface area (Å²) in [6.07, 6.45) is 4.34. The average molecular weight is 662 g/mol. The first-order chi connectivity index (χ1) is 23.3. The molecule has 0 N–H and O–H groups in total. The maximum atomic E-state index is 12.9. The molecule has 3 aliphatic carbocycles. The van der Waals surface area contributed by atoms with Crippen LogP contribution in [0.5, 0.6) is 0 Å². The summed E-state index contributed by atoms with van der Waals surface area (Å²) in [7, 11) is -3.68. The predicted octanol–water partition coefficient (Wildman–Crippen LogP) is 5.66. The Kier molecular flexibility index (Phi) is 7.94. The number of fused-ring (bicyclic) bond motifs is 1. The number of hydrogen-bond donors (Lipinski definition) is 0. The van der Waals surface area contributed by atoms with Gasteiger partial charge in [0.05, 0.1) is 30.2 Å². The van der Waals surface area contributed by atoms with E-state index in [2.05, 4.69) is 57.3 Å². The van der Waals surface area contributed by atoms with Gasteiger partial charge in [0.15, 0.2) is 0 Å². The van der Waals surface area contributed by atoms with Gasteiger partial charge in [0.2, 0.25) is 15.0 Å². The van der Waals surface area contributed by atoms with Crippen LogP contribution in [0.2, 0.25) is 0 Å². The molecule has 3 aromatic carbocycles. The van der Waals surface area contributed by atoms with Gasteiger partial charge in [-0.3, -0.25) is 0 Å². The molecule has 3 heterocycles. The molecule has 1 atom stereocenters. The minimum atomic E-state index is -3.68. The standard InChI is InChI=1S/C38H39N5O4S/c1-48(44,45)37-40-33-21-38(47-25-32(33)36(41-37)42-15-8-17-46-18-16-42)29-19-28(20-29)30-13-14-34(31(22-39)35(30)38)43(23-26-9-4-2-5-10-26)24-27-11-6-3-7-12-27/h2-7,9-14,28-29H,8,15-21,23-25H2,1H3. The Morgan fingerprint density at radius 3 is 2.33 bits per heavy atom. The van der Waals surface area contributed by atoms with Crippen molar-refractivity contribution in [3.8, 4) is 6.07 Å². The van der Waals surface area contributed by atoms with E-state index in [1.54, 1.807) is 0 Å². The zero-order chi connectivity index (χ0) is 32.9. The number of aromatic nitrogens is 2. The van der Waals surface area contributed by atoms with Crippen molar-refractivity contribution in [1.82, 2.24) is 9.97 Å². The van der Waals surface area contributed by atoms with Crippen LogP contribution in [-0.2, 0) is 51.0 Å². The number of benzene rings is 3. The lowest BCUT2D eigenvalue weighted by molar-refractivity contribution is -0.151. The molecule has 1 spiro atoms. The third kappa shape index (κ3) is 5.44. The Morgan fingerprint density at radius 2 is 1.67 bits per heavy atom. The average Bonchev–Trinajstić information content (AvgIpc) is 3.36. The molecule has 2 fully saturated rings. The van der Waals surface area contributed by atoms with Crippen molar-refractivity contribution in [2.75, 3.05) is 42.4 Å². The van der Waals surface area contributed by atoms with Crippen molar-refractivity contribution in [1.29, 1.82) is 5.26 Å². The van der Waals surface area contributed by atoms with Crippen LogP contribution in [0.25, 0.3) is 0 Å². The van der Waals surface area contributed by atoms with Gasteiger partial charge in [-0.25, -0.2) is 18.4 Å². The van der Waals surface area contributed by atoms with Crippen LogP contribution in [-0.4, -0.2) is 50.9 Å². The summed E-state index contributed by atoms with van der Waals surface area (Å²) in [5.41, 5.74) is 6.71. The fourth-order valence-electron chi connectivity index (χ4n) is 8.17. The normalized spacial score (nSPS) is 23.0. The zero-order valence-electron chi connectivity index (χ0n) is 27.1. The zero-order valence-corrected chi connectivity index (χ0v) is 28.0. The third-order valence-electron chi connectivity index (χ3n) is 10.6. The van der Waals surface area contributed by atoms with Gasteiger partial charge in [0, 0.05) is 56.6 Å². The smallest absolute Gasteiger partial charge is 0.249 e. The summed E-state index contributed by atoms with van der Waals surface area (Å²) in [6.45, 7) is 4.07. The van der Waals surface area contributed by atoms with Gasteiger partial charge in [-0.1, -0.05) is 66.7 Å². The molecule has 246 valence electrons. The van der Waals surface area contributed by atoms with E-state index in [1.807, 2.05) is 36.4 Å². The molecule has 2 aliphatic heterocycles. The second kappa shape index (κ2) is 12.3. The maximum absolute atomic E-state index is 12.9. The molecule has 10 heteroatoms. The molecular formula is C38H39N5O4S. The number of nitrogens with zero attached hydrogens (tertiary/aromatic N) is 5. The van der Waals surface area contributed by atoms with E-state index in [-0.39, 0.29) is 17.7 Å². The Hall–Kier alpha value is -4.30. The molecular weight excluding hydrogens is 623 g/mol. The molecule has 9 rings (SSSR count).